The molecule has 0 bridgehead atoms. The zero-order valence-corrected chi connectivity index (χ0v) is 11.7. The highest BCUT2D eigenvalue weighted by Crippen LogP contribution is 2.46. The summed E-state index contributed by atoms with van der Waals surface area (Å²) in [5, 5.41) is 4.60. The van der Waals surface area contributed by atoms with Crippen molar-refractivity contribution in [2.24, 2.45) is 0 Å². The van der Waals surface area contributed by atoms with Crippen LogP contribution in [0.3, 0.4) is 0 Å². The third kappa shape index (κ3) is 2.47. The number of ether oxygens (including phenoxy) is 1. The molecule has 1 aliphatic carbocycles. The summed E-state index contributed by atoms with van der Waals surface area (Å²) in [6, 6.07) is 6.15. The Morgan fingerprint density at radius 3 is 2.84 bits per heavy atom. The van der Waals surface area contributed by atoms with Crippen molar-refractivity contribution in [3.8, 4) is 5.75 Å². The van der Waals surface area contributed by atoms with Gasteiger partial charge in [-0.1, -0.05) is 6.92 Å². The van der Waals surface area contributed by atoms with Crippen molar-refractivity contribution < 1.29 is 9.15 Å². The summed E-state index contributed by atoms with van der Waals surface area (Å²) in [5.41, 5.74) is 2.38. The van der Waals surface area contributed by atoms with E-state index in [4.69, 9.17) is 9.15 Å². The Kier molecular flexibility index (Phi) is 3.47. The lowest BCUT2D eigenvalue weighted by atomic mass is 10.1. The monoisotopic (exact) mass is 259 g/mol. The van der Waals surface area contributed by atoms with Gasteiger partial charge in [-0.3, -0.25) is 0 Å². The smallest absolute Gasteiger partial charge is 0.134 e. The van der Waals surface area contributed by atoms with E-state index in [2.05, 4.69) is 18.3 Å². The molecule has 3 heteroatoms. The van der Waals surface area contributed by atoms with Gasteiger partial charge >= 0.3 is 0 Å². The van der Waals surface area contributed by atoms with E-state index in [-0.39, 0.29) is 0 Å². The van der Waals surface area contributed by atoms with Crippen LogP contribution in [0.15, 0.2) is 22.6 Å². The first-order valence-electron chi connectivity index (χ1n) is 7.22. The molecule has 1 N–H and O–H groups in total. The van der Waals surface area contributed by atoms with Crippen molar-refractivity contribution in [1.29, 1.82) is 0 Å². The summed E-state index contributed by atoms with van der Waals surface area (Å²) in [6.07, 6.45) is 2.57. The van der Waals surface area contributed by atoms with E-state index in [1.807, 2.05) is 19.1 Å². The fourth-order valence-electron chi connectivity index (χ4n) is 2.59. The average Bonchev–Trinajstić information content (AvgIpc) is 3.18. The van der Waals surface area contributed by atoms with Gasteiger partial charge in [0.2, 0.25) is 0 Å². The minimum absolute atomic E-state index is 0.687. The Balaban J connectivity index is 2.03. The van der Waals surface area contributed by atoms with Crippen LogP contribution in [-0.2, 0) is 6.54 Å². The van der Waals surface area contributed by atoms with E-state index in [9.17, 15) is 0 Å². The molecule has 0 unspecified atom stereocenters. The van der Waals surface area contributed by atoms with Crippen LogP contribution in [0.25, 0.3) is 11.0 Å². The van der Waals surface area contributed by atoms with E-state index in [0.29, 0.717) is 12.5 Å². The number of nitrogens with one attached hydrogen (secondary N) is 1. The van der Waals surface area contributed by atoms with Gasteiger partial charge in [0, 0.05) is 10.9 Å². The zero-order valence-electron chi connectivity index (χ0n) is 11.7. The third-order valence-corrected chi connectivity index (χ3v) is 3.61. The van der Waals surface area contributed by atoms with Crippen LogP contribution in [0.2, 0.25) is 0 Å². The second-order valence-corrected chi connectivity index (χ2v) is 5.08. The second kappa shape index (κ2) is 5.25. The van der Waals surface area contributed by atoms with Gasteiger partial charge in [-0.05, 0) is 50.4 Å². The van der Waals surface area contributed by atoms with Crippen molar-refractivity contribution in [2.75, 3.05) is 13.2 Å². The molecule has 19 heavy (non-hydrogen) atoms. The van der Waals surface area contributed by atoms with E-state index in [1.54, 1.807) is 0 Å². The minimum Gasteiger partial charge on any atom is -0.494 e. The fraction of sp³-hybridized carbons (Fsp3) is 0.500. The molecule has 0 radical (unpaired) electrons. The lowest BCUT2D eigenvalue weighted by Crippen LogP contribution is -2.12. The topological polar surface area (TPSA) is 34.4 Å². The SMILES string of the molecule is CCNCc1oc2ccc(OCC)cc2c1C1CC1. The molecule has 1 aliphatic rings. The Bertz CT molecular complexity index is 569. The third-order valence-electron chi connectivity index (χ3n) is 3.61. The van der Waals surface area contributed by atoms with Crippen LogP contribution in [0.5, 0.6) is 5.75 Å². The van der Waals surface area contributed by atoms with Crippen molar-refractivity contribution in [1.82, 2.24) is 5.32 Å². The van der Waals surface area contributed by atoms with E-state index >= 15 is 0 Å². The normalized spacial score (nSPS) is 15.1. The summed E-state index contributed by atoms with van der Waals surface area (Å²) in [4.78, 5) is 0. The lowest BCUT2D eigenvalue weighted by Gasteiger charge is -2.03. The van der Waals surface area contributed by atoms with Gasteiger partial charge in [-0.25, -0.2) is 0 Å². The first-order valence-corrected chi connectivity index (χ1v) is 7.22. The quantitative estimate of drug-likeness (QED) is 0.856. The summed E-state index contributed by atoms with van der Waals surface area (Å²) >= 11 is 0. The van der Waals surface area contributed by atoms with Gasteiger partial charge in [-0.15, -0.1) is 0 Å². The molecule has 1 saturated carbocycles. The number of benzene rings is 1. The van der Waals surface area contributed by atoms with Crippen LogP contribution in [-0.4, -0.2) is 13.2 Å². The number of hydrogen-bond acceptors (Lipinski definition) is 3. The highest BCUT2D eigenvalue weighted by Gasteiger charge is 2.30. The number of furan rings is 1. The molecule has 0 aliphatic heterocycles. The summed E-state index contributed by atoms with van der Waals surface area (Å²) < 4.78 is 11.6. The molecule has 1 aromatic heterocycles. The van der Waals surface area contributed by atoms with E-state index in [1.165, 1.54) is 23.8 Å². The maximum atomic E-state index is 6.02. The molecule has 1 fully saturated rings. The molecule has 3 rings (SSSR count). The van der Waals surface area contributed by atoms with Crippen LogP contribution >= 0.6 is 0 Å². The van der Waals surface area contributed by atoms with Gasteiger partial charge in [0.1, 0.15) is 17.1 Å². The predicted molar refractivity (Wildman–Crippen MR) is 76.7 cm³/mol. The Hall–Kier alpha value is -1.48. The van der Waals surface area contributed by atoms with Crippen LogP contribution < -0.4 is 10.1 Å². The average molecular weight is 259 g/mol. The number of fused-ring (bicyclic) bond motifs is 1. The van der Waals surface area contributed by atoms with Crippen molar-refractivity contribution >= 4 is 11.0 Å². The summed E-state index contributed by atoms with van der Waals surface area (Å²) in [6.45, 7) is 6.61. The van der Waals surface area contributed by atoms with Gasteiger partial charge < -0.3 is 14.5 Å². The van der Waals surface area contributed by atoms with Gasteiger partial charge in [0.25, 0.3) is 0 Å². The predicted octanol–water partition coefficient (Wildman–Crippen LogP) is 3.82. The number of hydrogen-bond donors (Lipinski definition) is 1. The van der Waals surface area contributed by atoms with Gasteiger partial charge in [-0.2, -0.15) is 0 Å². The molecule has 0 amide bonds. The Morgan fingerprint density at radius 1 is 1.32 bits per heavy atom. The largest absolute Gasteiger partial charge is 0.494 e. The number of rotatable bonds is 6. The fourth-order valence-corrected chi connectivity index (χ4v) is 2.59. The Morgan fingerprint density at radius 2 is 2.16 bits per heavy atom. The molecular formula is C16H21NO2. The van der Waals surface area contributed by atoms with Crippen molar-refractivity contribution in [3.05, 3.63) is 29.5 Å². The van der Waals surface area contributed by atoms with Crippen LogP contribution in [0.4, 0.5) is 0 Å². The Labute approximate surface area is 113 Å². The maximum Gasteiger partial charge on any atom is 0.134 e. The van der Waals surface area contributed by atoms with Crippen molar-refractivity contribution in [2.45, 2.75) is 39.2 Å². The highest BCUT2D eigenvalue weighted by atomic mass is 16.5. The first-order chi connectivity index (χ1) is 9.33. The van der Waals surface area contributed by atoms with Gasteiger partial charge in [0.15, 0.2) is 0 Å². The summed E-state index contributed by atoms with van der Waals surface area (Å²) in [7, 11) is 0. The standard InChI is InChI=1S/C16H21NO2/c1-3-17-10-15-16(11-5-6-11)13-9-12(18-4-2)7-8-14(13)19-15/h7-9,11,17H,3-6,10H2,1-2H3. The molecular weight excluding hydrogens is 238 g/mol. The molecule has 2 aromatic rings. The summed E-state index contributed by atoms with van der Waals surface area (Å²) in [5.74, 6) is 2.73. The molecule has 3 nitrogen and oxygen atoms in total. The van der Waals surface area contributed by atoms with Crippen molar-refractivity contribution in [3.63, 3.8) is 0 Å². The molecule has 1 aromatic carbocycles. The molecule has 102 valence electrons. The zero-order chi connectivity index (χ0) is 13.2. The first kappa shape index (κ1) is 12.5. The molecule has 1 heterocycles. The highest BCUT2D eigenvalue weighted by molar-refractivity contribution is 5.84. The van der Waals surface area contributed by atoms with E-state index in [0.717, 1.165) is 30.2 Å². The molecule has 0 spiro atoms. The second-order valence-electron chi connectivity index (χ2n) is 5.08. The maximum absolute atomic E-state index is 6.02. The van der Waals surface area contributed by atoms with Crippen LogP contribution in [0.1, 0.15) is 43.9 Å². The molecule has 0 atom stereocenters. The molecule has 0 saturated heterocycles. The lowest BCUT2D eigenvalue weighted by molar-refractivity contribution is 0.340. The minimum atomic E-state index is 0.687. The van der Waals surface area contributed by atoms with E-state index < -0.39 is 0 Å². The van der Waals surface area contributed by atoms with Crippen LogP contribution in [0, 0.1) is 0 Å². The van der Waals surface area contributed by atoms with Gasteiger partial charge in [0.05, 0.1) is 13.2 Å².